The van der Waals surface area contributed by atoms with Crippen molar-refractivity contribution in [2.75, 3.05) is 0 Å². The molecule has 0 fully saturated rings. The third-order valence-electron chi connectivity index (χ3n) is 2.21. The van der Waals surface area contributed by atoms with Gasteiger partial charge in [0.2, 0.25) is 0 Å². The molecule has 1 aromatic rings. The molecule has 2 N–H and O–H groups in total. The van der Waals surface area contributed by atoms with Gasteiger partial charge >= 0.3 is 0 Å². The molecular weight excluding hydrogens is 236 g/mol. The number of carbonyl (C=O) groups excluding carboxylic acids is 1. The predicted molar refractivity (Wildman–Crippen MR) is 69.1 cm³/mol. The topological polar surface area (TPSA) is 72.5 Å². The summed E-state index contributed by atoms with van der Waals surface area (Å²) in [5.74, 6) is -0.164. The van der Waals surface area contributed by atoms with E-state index in [1.54, 1.807) is 24.3 Å². The molecule has 1 aromatic carbocycles. The highest BCUT2D eigenvalue weighted by molar-refractivity contribution is 7.75. The number of nitrogens with zero attached hydrogens (tertiary/aromatic N) is 1. The summed E-state index contributed by atoms with van der Waals surface area (Å²) in [7, 11) is -2.03. The van der Waals surface area contributed by atoms with Crippen LogP contribution in [-0.2, 0) is 15.4 Å². The molecule has 0 radical (unpaired) electrons. The van der Waals surface area contributed by atoms with Crippen molar-refractivity contribution in [2.45, 2.75) is 31.2 Å². The Morgan fingerprint density at radius 3 is 2.47 bits per heavy atom. The summed E-state index contributed by atoms with van der Waals surface area (Å²) >= 11 is 0. The van der Waals surface area contributed by atoms with Gasteiger partial charge in [0.1, 0.15) is 0 Å². The smallest absolute Gasteiger partial charge is 0.270 e. The van der Waals surface area contributed by atoms with Gasteiger partial charge in [-0.3, -0.25) is 4.79 Å². The van der Waals surface area contributed by atoms with Gasteiger partial charge in [-0.1, -0.05) is 32.0 Å². The quantitative estimate of drug-likeness (QED) is 0.802. The first kappa shape index (κ1) is 13.9. The monoisotopic (exact) mass is 254 g/mol. The zero-order valence-corrected chi connectivity index (χ0v) is 10.9. The van der Waals surface area contributed by atoms with Gasteiger partial charge in [-0.05, 0) is 24.5 Å². The second kappa shape index (κ2) is 6.51. The van der Waals surface area contributed by atoms with E-state index in [-0.39, 0.29) is 0 Å². The van der Waals surface area contributed by atoms with Crippen LogP contribution in [0, 0.1) is 5.92 Å². The highest BCUT2D eigenvalue weighted by Crippen LogP contribution is 2.06. The molecule has 0 aliphatic heterocycles. The van der Waals surface area contributed by atoms with E-state index in [4.69, 9.17) is 5.73 Å². The summed E-state index contributed by atoms with van der Waals surface area (Å²) in [6.07, 6.45) is 0.556. The number of rotatable bonds is 4. The fourth-order valence-corrected chi connectivity index (χ4v) is 2.26. The first-order valence-electron chi connectivity index (χ1n) is 5.54. The Bertz CT molecular complexity index is 451. The summed E-state index contributed by atoms with van der Waals surface area (Å²) in [5.41, 5.74) is 5.67. The second-order valence-electron chi connectivity index (χ2n) is 4.28. The van der Waals surface area contributed by atoms with E-state index >= 15 is 0 Å². The molecule has 2 atom stereocenters. The minimum atomic E-state index is -2.03. The molecule has 94 valence electrons. The first-order valence-corrected chi connectivity index (χ1v) is 6.75. The minimum absolute atomic E-state index is 0.318. The maximum absolute atomic E-state index is 11.8. The molecule has 4 nitrogen and oxygen atoms in total. The summed E-state index contributed by atoms with van der Waals surface area (Å²) in [6.45, 7) is 3.95. The Kier molecular flexibility index (Phi) is 5.31. The number of nitrogens with two attached hydrogens (primary N) is 1. The van der Waals surface area contributed by atoms with Crippen LogP contribution >= 0.6 is 0 Å². The van der Waals surface area contributed by atoms with E-state index in [1.807, 2.05) is 19.9 Å². The Morgan fingerprint density at radius 1 is 1.35 bits per heavy atom. The zero-order chi connectivity index (χ0) is 12.8. The average Bonchev–Trinajstić information content (AvgIpc) is 2.29. The molecular formula is C12H18N2O2S. The molecule has 0 saturated heterocycles. The van der Waals surface area contributed by atoms with Crippen molar-refractivity contribution >= 4 is 16.5 Å². The lowest BCUT2D eigenvalue weighted by molar-refractivity contribution is -0.119. The van der Waals surface area contributed by atoms with Crippen LogP contribution in [0.5, 0.6) is 0 Å². The van der Waals surface area contributed by atoms with Crippen LogP contribution in [0.15, 0.2) is 39.6 Å². The van der Waals surface area contributed by atoms with Crippen molar-refractivity contribution in [1.82, 2.24) is 0 Å². The van der Waals surface area contributed by atoms with Crippen molar-refractivity contribution < 1.29 is 9.00 Å². The van der Waals surface area contributed by atoms with E-state index in [0.29, 0.717) is 17.2 Å². The van der Waals surface area contributed by atoms with Crippen LogP contribution in [0.3, 0.4) is 0 Å². The lowest BCUT2D eigenvalue weighted by Crippen LogP contribution is -2.30. The van der Waals surface area contributed by atoms with Crippen molar-refractivity contribution in [3.63, 3.8) is 0 Å². The van der Waals surface area contributed by atoms with E-state index in [1.165, 1.54) is 0 Å². The van der Waals surface area contributed by atoms with Gasteiger partial charge in [0.05, 0.1) is 16.6 Å². The molecule has 0 aliphatic carbocycles. The predicted octanol–water partition coefficient (Wildman–Crippen LogP) is 1.61. The number of carbonyl (C=O) groups is 1. The molecule has 0 heterocycles. The second-order valence-corrected chi connectivity index (χ2v) is 5.55. The van der Waals surface area contributed by atoms with E-state index < -0.39 is 22.5 Å². The standard InChI is InChI=1S/C12H18N2O2S/c1-9(2)8-11(13)12(15)14-17(16)10-6-4-3-5-7-10/h3-7,9,11,17H,8,13H2,1-2H3/t11-/m0/s1. The fraction of sp³-hybridized carbons (Fsp3) is 0.417. The van der Waals surface area contributed by atoms with Crippen LogP contribution in [0.4, 0.5) is 0 Å². The van der Waals surface area contributed by atoms with Crippen LogP contribution < -0.4 is 5.73 Å². The number of amides is 1. The van der Waals surface area contributed by atoms with Gasteiger partial charge in [0.15, 0.2) is 0 Å². The van der Waals surface area contributed by atoms with Crippen molar-refractivity contribution in [2.24, 2.45) is 16.0 Å². The number of hydrogen-bond acceptors (Lipinski definition) is 3. The zero-order valence-electron chi connectivity index (χ0n) is 10.0. The molecule has 0 aromatic heterocycles. The summed E-state index contributed by atoms with van der Waals surface area (Å²) in [6, 6.07) is 8.05. The van der Waals surface area contributed by atoms with Gasteiger partial charge in [-0.25, -0.2) is 4.21 Å². The normalized spacial score (nSPS) is 14.8. The molecule has 1 unspecified atom stereocenters. The van der Waals surface area contributed by atoms with Gasteiger partial charge in [0, 0.05) is 4.90 Å². The van der Waals surface area contributed by atoms with Gasteiger partial charge in [0.25, 0.3) is 5.91 Å². The summed E-state index contributed by atoms with van der Waals surface area (Å²) in [5, 5.41) is 0. The molecule has 1 amide bonds. The van der Waals surface area contributed by atoms with E-state index in [9.17, 15) is 9.00 Å². The molecule has 0 bridgehead atoms. The summed E-state index contributed by atoms with van der Waals surface area (Å²) < 4.78 is 15.4. The maximum atomic E-state index is 11.8. The summed E-state index contributed by atoms with van der Waals surface area (Å²) in [4.78, 5) is 12.1. The minimum Gasteiger partial charge on any atom is -0.320 e. The Morgan fingerprint density at radius 2 is 1.94 bits per heavy atom. The van der Waals surface area contributed by atoms with Gasteiger partial charge < -0.3 is 5.73 Å². The third kappa shape index (κ3) is 4.66. The molecule has 1 rings (SSSR count). The van der Waals surface area contributed by atoms with Gasteiger partial charge in [-0.2, -0.15) is 4.36 Å². The SMILES string of the molecule is CC(C)C[C@H](N)C(=O)N=[SH](=O)c1ccccc1. The number of benzene rings is 1. The van der Waals surface area contributed by atoms with Crippen LogP contribution in [0.2, 0.25) is 0 Å². The largest absolute Gasteiger partial charge is 0.320 e. The highest BCUT2D eigenvalue weighted by Gasteiger charge is 2.14. The van der Waals surface area contributed by atoms with E-state index in [2.05, 4.69) is 4.36 Å². The van der Waals surface area contributed by atoms with Gasteiger partial charge in [-0.15, -0.1) is 0 Å². The lowest BCUT2D eigenvalue weighted by atomic mass is 10.0. The number of hydrogen-bond donors (Lipinski definition) is 2. The molecule has 0 spiro atoms. The maximum Gasteiger partial charge on any atom is 0.270 e. The Labute approximate surface area is 103 Å². The lowest BCUT2D eigenvalue weighted by Gasteiger charge is -2.09. The molecule has 17 heavy (non-hydrogen) atoms. The van der Waals surface area contributed by atoms with Crippen LogP contribution in [0.1, 0.15) is 20.3 Å². The van der Waals surface area contributed by atoms with Crippen molar-refractivity contribution in [3.05, 3.63) is 30.3 Å². The van der Waals surface area contributed by atoms with Crippen LogP contribution in [0.25, 0.3) is 0 Å². The van der Waals surface area contributed by atoms with Crippen molar-refractivity contribution in [3.8, 4) is 0 Å². The molecule has 0 aliphatic rings. The fourth-order valence-electron chi connectivity index (χ4n) is 1.39. The highest BCUT2D eigenvalue weighted by atomic mass is 32.2. The third-order valence-corrected chi connectivity index (χ3v) is 3.33. The molecule has 5 heteroatoms. The van der Waals surface area contributed by atoms with Crippen LogP contribution in [-0.4, -0.2) is 16.2 Å². The number of thiol groups is 1. The average molecular weight is 254 g/mol. The van der Waals surface area contributed by atoms with Crippen molar-refractivity contribution in [1.29, 1.82) is 0 Å². The Hall–Kier alpha value is -1.20. The van der Waals surface area contributed by atoms with E-state index in [0.717, 1.165) is 0 Å². The first-order chi connectivity index (χ1) is 8.00. The Balaban J connectivity index is 2.76. The molecule has 0 saturated carbocycles.